The van der Waals surface area contributed by atoms with Crippen molar-refractivity contribution >= 4 is 17.2 Å². The number of carbonyl (C=O) groups excluding carboxylic acids is 1. The lowest BCUT2D eigenvalue weighted by Gasteiger charge is -2.08. The number of pyridine rings is 1. The molecule has 0 unspecified atom stereocenters. The van der Waals surface area contributed by atoms with Crippen LogP contribution in [0.15, 0.2) is 61.1 Å². The molecule has 0 spiro atoms. The van der Waals surface area contributed by atoms with Gasteiger partial charge >= 0.3 is 0 Å². The molecule has 4 aromatic rings. The fraction of sp³-hybridized carbons (Fsp3) is 0.182. The van der Waals surface area contributed by atoms with Crippen LogP contribution < -0.4 is 10.1 Å². The van der Waals surface area contributed by atoms with Crippen molar-refractivity contribution in [1.82, 2.24) is 19.6 Å². The predicted octanol–water partition coefficient (Wildman–Crippen LogP) is 3.93. The standard InChI is InChI=1S/C22H19N5O2/c1-29-20-8-7-16(12-23-20)15-3-2-4-17(11-15)25-22(28)18-13-24-27-10-9-19(14-5-6-14)26-21(18)27/h2-4,7-14H,5-6H2,1H3,(H,25,28). The zero-order valence-corrected chi connectivity index (χ0v) is 15.9. The van der Waals surface area contributed by atoms with Gasteiger partial charge in [0.05, 0.1) is 13.3 Å². The summed E-state index contributed by atoms with van der Waals surface area (Å²) >= 11 is 0. The Morgan fingerprint density at radius 1 is 1.14 bits per heavy atom. The Morgan fingerprint density at radius 3 is 2.79 bits per heavy atom. The van der Waals surface area contributed by atoms with Gasteiger partial charge in [0.15, 0.2) is 5.65 Å². The van der Waals surface area contributed by atoms with E-state index in [-0.39, 0.29) is 5.91 Å². The normalized spacial score (nSPS) is 13.4. The second-order valence-electron chi connectivity index (χ2n) is 7.08. The third-order valence-corrected chi connectivity index (χ3v) is 5.03. The zero-order valence-electron chi connectivity index (χ0n) is 15.9. The number of aromatic nitrogens is 4. The molecular weight excluding hydrogens is 366 g/mol. The summed E-state index contributed by atoms with van der Waals surface area (Å²) in [5, 5.41) is 7.21. The highest BCUT2D eigenvalue weighted by Crippen LogP contribution is 2.39. The number of hydrogen-bond acceptors (Lipinski definition) is 5. The monoisotopic (exact) mass is 385 g/mol. The Labute approximate surface area is 167 Å². The van der Waals surface area contributed by atoms with E-state index in [1.807, 2.05) is 48.7 Å². The number of methoxy groups -OCH3 is 1. The van der Waals surface area contributed by atoms with E-state index in [0.29, 0.717) is 28.7 Å². The first-order chi connectivity index (χ1) is 14.2. The fourth-order valence-electron chi connectivity index (χ4n) is 3.30. The van der Waals surface area contributed by atoms with Crippen LogP contribution in [-0.4, -0.2) is 32.6 Å². The third kappa shape index (κ3) is 3.42. The largest absolute Gasteiger partial charge is 0.481 e. The van der Waals surface area contributed by atoms with Crippen LogP contribution in [-0.2, 0) is 0 Å². The first-order valence-corrected chi connectivity index (χ1v) is 9.47. The second-order valence-corrected chi connectivity index (χ2v) is 7.08. The number of carbonyl (C=O) groups is 1. The van der Waals surface area contributed by atoms with Gasteiger partial charge in [-0.15, -0.1) is 0 Å². The van der Waals surface area contributed by atoms with E-state index in [1.165, 1.54) is 0 Å². The fourth-order valence-corrected chi connectivity index (χ4v) is 3.30. The molecule has 7 nitrogen and oxygen atoms in total. The van der Waals surface area contributed by atoms with Crippen molar-refractivity contribution in [3.8, 4) is 17.0 Å². The minimum Gasteiger partial charge on any atom is -0.481 e. The molecule has 0 atom stereocenters. The van der Waals surface area contributed by atoms with Gasteiger partial charge in [-0.3, -0.25) is 4.79 Å². The molecule has 1 N–H and O–H groups in total. The molecule has 0 aliphatic heterocycles. The molecule has 0 radical (unpaired) electrons. The van der Waals surface area contributed by atoms with E-state index in [4.69, 9.17) is 4.74 Å². The Bertz CT molecular complexity index is 1200. The molecule has 1 aromatic carbocycles. The van der Waals surface area contributed by atoms with Crippen molar-refractivity contribution < 1.29 is 9.53 Å². The van der Waals surface area contributed by atoms with Gasteiger partial charge in [0.1, 0.15) is 5.56 Å². The number of rotatable bonds is 5. The molecule has 7 heteroatoms. The Balaban J connectivity index is 1.40. The minimum absolute atomic E-state index is 0.231. The molecule has 0 saturated heterocycles. The van der Waals surface area contributed by atoms with Gasteiger partial charge in [0.2, 0.25) is 5.88 Å². The summed E-state index contributed by atoms with van der Waals surface area (Å²) in [6.07, 6.45) is 7.49. The van der Waals surface area contributed by atoms with Crippen LogP contribution >= 0.6 is 0 Å². The van der Waals surface area contributed by atoms with E-state index < -0.39 is 0 Å². The smallest absolute Gasteiger partial charge is 0.261 e. The molecule has 1 fully saturated rings. The Kier molecular flexibility index (Phi) is 4.20. The summed E-state index contributed by atoms with van der Waals surface area (Å²) in [6, 6.07) is 13.4. The lowest BCUT2D eigenvalue weighted by atomic mass is 10.1. The van der Waals surface area contributed by atoms with Crippen LogP contribution in [0.25, 0.3) is 16.8 Å². The van der Waals surface area contributed by atoms with E-state index in [2.05, 4.69) is 20.4 Å². The van der Waals surface area contributed by atoms with Gasteiger partial charge in [-0.25, -0.2) is 14.5 Å². The minimum atomic E-state index is -0.231. The number of nitrogens with zero attached hydrogens (tertiary/aromatic N) is 4. The molecule has 29 heavy (non-hydrogen) atoms. The van der Waals surface area contributed by atoms with Crippen molar-refractivity contribution in [3.05, 3.63) is 72.3 Å². The molecule has 1 saturated carbocycles. The molecule has 1 aliphatic carbocycles. The number of hydrogen-bond donors (Lipinski definition) is 1. The number of ether oxygens (including phenoxy) is 1. The van der Waals surface area contributed by atoms with Crippen molar-refractivity contribution in [2.75, 3.05) is 12.4 Å². The molecule has 1 aliphatic rings. The van der Waals surface area contributed by atoms with Crippen molar-refractivity contribution in [3.63, 3.8) is 0 Å². The van der Waals surface area contributed by atoms with Crippen LogP contribution in [0, 0.1) is 0 Å². The summed E-state index contributed by atoms with van der Waals surface area (Å²) in [7, 11) is 1.58. The summed E-state index contributed by atoms with van der Waals surface area (Å²) in [4.78, 5) is 21.8. The summed E-state index contributed by atoms with van der Waals surface area (Å²) in [6.45, 7) is 0. The molecule has 3 aromatic heterocycles. The molecular formula is C22H19N5O2. The lowest BCUT2D eigenvalue weighted by Crippen LogP contribution is -2.12. The van der Waals surface area contributed by atoms with E-state index in [0.717, 1.165) is 29.7 Å². The number of amides is 1. The zero-order chi connectivity index (χ0) is 19.8. The highest BCUT2D eigenvalue weighted by atomic mass is 16.5. The molecule has 0 bridgehead atoms. The quantitative estimate of drug-likeness (QED) is 0.563. The van der Waals surface area contributed by atoms with Gasteiger partial charge in [-0.2, -0.15) is 5.10 Å². The maximum absolute atomic E-state index is 12.9. The first kappa shape index (κ1) is 17.4. The number of fused-ring (bicyclic) bond motifs is 1. The summed E-state index contributed by atoms with van der Waals surface area (Å²) < 4.78 is 6.74. The molecule has 1 amide bonds. The summed E-state index contributed by atoms with van der Waals surface area (Å²) in [5.74, 6) is 0.843. The van der Waals surface area contributed by atoms with E-state index in [9.17, 15) is 4.79 Å². The van der Waals surface area contributed by atoms with Crippen LogP contribution in [0.3, 0.4) is 0 Å². The van der Waals surface area contributed by atoms with Crippen molar-refractivity contribution in [2.24, 2.45) is 0 Å². The van der Waals surface area contributed by atoms with E-state index >= 15 is 0 Å². The maximum atomic E-state index is 12.9. The van der Waals surface area contributed by atoms with Crippen molar-refractivity contribution in [1.29, 1.82) is 0 Å². The van der Waals surface area contributed by atoms with E-state index in [1.54, 1.807) is 24.0 Å². The average Bonchev–Trinajstić information content (AvgIpc) is 3.53. The van der Waals surface area contributed by atoms with Gasteiger partial charge in [-0.05, 0) is 42.7 Å². The number of nitrogens with one attached hydrogen (secondary N) is 1. The highest BCUT2D eigenvalue weighted by Gasteiger charge is 2.26. The molecule has 5 rings (SSSR count). The topological polar surface area (TPSA) is 81.4 Å². The van der Waals surface area contributed by atoms with Gasteiger partial charge in [0, 0.05) is 41.3 Å². The molecule has 3 heterocycles. The lowest BCUT2D eigenvalue weighted by molar-refractivity contribution is 0.102. The number of anilines is 1. The van der Waals surface area contributed by atoms with Gasteiger partial charge in [0.25, 0.3) is 5.91 Å². The molecule has 144 valence electrons. The highest BCUT2D eigenvalue weighted by molar-refractivity contribution is 6.08. The third-order valence-electron chi connectivity index (χ3n) is 5.03. The first-order valence-electron chi connectivity index (χ1n) is 9.47. The number of benzene rings is 1. The van der Waals surface area contributed by atoms with Crippen LogP contribution in [0.1, 0.15) is 34.8 Å². The van der Waals surface area contributed by atoms with Crippen LogP contribution in [0.2, 0.25) is 0 Å². The van der Waals surface area contributed by atoms with Crippen LogP contribution in [0.4, 0.5) is 5.69 Å². The maximum Gasteiger partial charge on any atom is 0.261 e. The van der Waals surface area contributed by atoms with Crippen molar-refractivity contribution in [2.45, 2.75) is 18.8 Å². The Morgan fingerprint density at radius 2 is 2.03 bits per heavy atom. The van der Waals surface area contributed by atoms with Gasteiger partial charge in [-0.1, -0.05) is 12.1 Å². The van der Waals surface area contributed by atoms with Crippen LogP contribution in [0.5, 0.6) is 5.88 Å². The predicted molar refractivity (Wildman–Crippen MR) is 109 cm³/mol. The van der Waals surface area contributed by atoms with Gasteiger partial charge < -0.3 is 10.1 Å². The average molecular weight is 385 g/mol. The second kappa shape index (κ2) is 7.01. The SMILES string of the molecule is COc1ccc(-c2cccc(NC(=O)c3cnn4ccc(C5CC5)nc34)c2)cn1. The Hall–Kier alpha value is -3.74. The summed E-state index contributed by atoms with van der Waals surface area (Å²) in [5.41, 5.74) is 4.66.